The van der Waals surface area contributed by atoms with E-state index in [1.54, 1.807) is 18.2 Å². The summed E-state index contributed by atoms with van der Waals surface area (Å²) in [5.41, 5.74) is 1.62. The first-order chi connectivity index (χ1) is 9.15. The van der Waals surface area contributed by atoms with Crippen molar-refractivity contribution < 1.29 is 9.53 Å². The molecule has 0 saturated heterocycles. The fraction of sp³-hybridized carbons (Fsp3) is 0.118. The molecule has 0 amide bonds. The molecule has 0 aliphatic heterocycles. The summed E-state index contributed by atoms with van der Waals surface area (Å²) in [5.74, 6) is -0.362. The molecule has 2 heteroatoms. The molecule has 2 nitrogen and oxygen atoms in total. The Hall–Kier alpha value is -2.35. The Kier molecular flexibility index (Phi) is 9.45. The van der Waals surface area contributed by atoms with Gasteiger partial charge in [-0.2, -0.15) is 0 Å². The van der Waals surface area contributed by atoms with Crippen LogP contribution >= 0.6 is 0 Å². The summed E-state index contributed by atoms with van der Waals surface area (Å²) in [6, 6.07) is 10.0. The van der Waals surface area contributed by atoms with Gasteiger partial charge in [0.1, 0.15) is 0 Å². The van der Waals surface area contributed by atoms with E-state index in [9.17, 15) is 4.79 Å². The number of rotatable bonds is 5. The van der Waals surface area contributed by atoms with Crippen LogP contribution in [-0.4, -0.2) is 13.1 Å². The summed E-state index contributed by atoms with van der Waals surface area (Å²) >= 11 is 0. The summed E-state index contributed by atoms with van der Waals surface area (Å²) in [6.45, 7) is 10.7. The Morgan fingerprint density at radius 2 is 1.89 bits per heavy atom. The van der Waals surface area contributed by atoms with E-state index in [2.05, 4.69) is 24.5 Å². The van der Waals surface area contributed by atoms with E-state index in [-0.39, 0.29) is 5.97 Å². The van der Waals surface area contributed by atoms with Gasteiger partial charge in [-0.1, -0.05) is 74.4 Å². The van der Waals surface area contributed by atoms with Crippen molar-refractivity contribution in [1.82, 2.24) is 0 Å². The molecule has 0 heterocycles. The second kappa shape index (κ2) is 10.8. The van der Waals surface area contributed by atoms with E-state index in [1.165, 1.54) is 12.7 Å². The molecular formula is C17H20O2. The Labute approximate surface area is 115 Å². The lowest BCUT2D eigenvalue weighted by molar-refractivity contribution is -0.136. The van der Waals surface area contributed by atoms with E-state index < -0.39 is 0 Å². The van der Waals surface area contributed by atoms with Crippen LogP contribution in [0, 0.1) is 0 Å². The molecule has 0 aliphatic carbocycles. The van der Waals surface area contributed by atoms with Crippen LogP contribution in [0.5, 0.6) is 0 Å². The molecule has 0 spiro atoms. The van der Waals surface area contributed by atoms with E-state index >= 15 is 0 Å². The molecule has 0 aliphatic rings. The number of hydrogen-bond donors (Lipinski definition) is 0. The Bertz CT molecular complexity index is 442. The fourth-order valence-corrected chi connectivity index (χ4v) is 1.12. The van der Waals surface area contributed by atoms with Gasteiger partial charge in [0.15, 0.2) is 0 Å². The predicted octanol–water partition coefficient (Wildman–Crippen LogP) is 4.18. The molecule has 1 aromatic carbocycles. The number of allylic oxidation sites excluding steroid dienone is 3. The highest BCUT2D eigenvalue weighted by atomic mass is 16.5. The van der Waals surface area contributed by atoms with Crippen molar-refractivity contribution in [2.75, 3.05) is 7.11 Å². The zero-order valence-corrected chi connectivity index (χ0v) is 11.3. The second-order valence-electron chi connectivity index (χ2n) is 3.58. The lowest BCUT2D eigenvalue weighted by Gasteiger charge is -1.97. The topological polar surface area (TPSA) is 26.3 Å². The minimum absolute atomic E-state index is 0.362. The van der Waals surface area contributed by atoms with Gasteiger partial charge >= 0.3 is 5.97 Å². The highest BCUT2D eigenvalue weighted by Gasteiger charge is 2.02. The molecule has 0 bridgehead atoms. The first-order valence-corrected chi connectivity index (χ1v) is 5.86. The molecule has 0 saturated carbocycles. The van der Waals surface area contributed by atoms with Gasteiger partial charge in [0.05, 0.1) is 7.11 Å². The largest absolute Gasteiger partial charge is 0.466 e. The van der Waals surface area contributed by atoms with Gasteiger partial charge in [-0.25, -0.2) is 4.79 Å². The average molecular weight is 256 g/mol. The summed E-state index contributed by atoms with van der Waals surface area (Å²) in [5, 5.41) is 0. The van der Waals surface area contributed by atoms with Crippen molar-refractivity contribution >= 4 is 12.0 Å². The smallest absolute Gasteiger partial charge is 0.333 e. The van der Waals surface area contributed by atoms with Crippen molar-refractivity contribution in [1.29, 1.82) is 0 Å². The second-order valence-corrected chi connectivity index (χ2v) is 3.58. The van der Waals surface area contributed by atoms with E-state index in [0.717, 1.165) is 0 Å². The maximum Gasteiger partial charge on any atom is 0.333 e. The number of benzene rings is 1. The van der Waals surface area contributed by atoms with Crippen LogP contribution in [0.4, 0.5) is 0 Å². The number of hydrogen-bond acceptors (Lipinski definition) is 2. The van der Waals surface area contributed by atoms with Crippen LogP contribution in [0.2, 0.25) is 0 Å². The van der Waals surface area contributed by atoms with Gasteiger partial charge in [-0.3, -0.25) is 0 Å². The summed E-state index contributed by atoms with van der Waals surface area (Å²) in [4.78, 5) is 10.7. The maximum atomic E-state index is 10.7. The molecule has 1 rings (SSSR count). The summed E-state index contributed by atoms with van der Waals surface area (Å²) in [6.07, 6.45) is 7.55. The Balaban J connectivity index is 0.000000356. The van der Waals surface area contributed by atoms with Gasteiger partial charge in [-0.05, 0) is 12.0 Å². The molecule has 0 atom stereocenters. The first-order valence-electron chi connectivity index (χ1n) is 5.86. The zero-order valence-electron chi connectivity index (χ0n) is 11.3. The van der Waals surface area contributed by atoms with Crippen molar-refractivity contribution in [3.05, 3.63) is 79.4 Å². The van der Waals surface area contributed by atoms with Crippen molar-refractivity contribution in [2.45, 2.75) is 6.42 Å². The predicted molar refractivity (Wildman–Crippen MR) is 81.6 cm³/mol. The van der Waals surface area contributed by atoms with Crippen molar-refractivity contribution in [3.8, 4) is 0 Å². The van der Waals surface area contributed by atoms with Gasteiger partial charge in [0.2, 0.25) is 0 Å². The van der Waals surface area contributed by atoms with Gasteiger partial charge in [0, 0.05) is 5.57 Å². The third-order valence-corrected chi connectivity index (χ3v) is 2.15. The molecule has 19 heavy (non-hydrogen) atoms. The van der Waals surface area contributed by atoms with Gasteiger partial charge in [-0.15, -0.1) is 0 Å². The fourth-order valence-electron chi connectivity index (χ4n) is 1.12. The van der Waals surface area contributed by atoms with E-state index in [1.807, 2.05) is 36.4 Å². The van der Waals surface area contributed by atoms with Crippen molar-refractivity contribution in [2.24, 2.45) is 0 Å². The lowest BCUT2D eigenvalue weighted by Crippen LogP contribution is -2.02. The summed E-state index contributed by atoms with van der Waals surface area (Å²) < 4.78 is 4.44. The standard InChI is InChI=1S/C9H12O2.C8H8/c1-4-5-6-7-8(2)9(10)11-3;1-2-8-6-4-3-5-7-8/h4-6H,1-2,7H2,3H3;2-7H,1H2. The first kappa shape index (κ1) is 16.7. The molecule has 0 unspecified atom stereocenters. The van der Waals surface area contributed by atoms with E-state index in [4.69, 9.17) is 0 Å². The third-order valence-electron chi connectivity index (χ3n) is 2.15. The van der Waals surface area contributed by atoms with Crippen LogP contribution in [0.1, 0.15) is 12.0 Å². The summed E-state index contributed by atoms with van der Waals surface area (Å²) in [7, 11) is 1.34. The maximum absolute atomic E-state index is 10.7. The molecular weight excluding hydrogens is 236 g/mol. The number of carbonyl (C=O) groups excluding carboxylic acids is 1. The normalized spacial score (nSPS) is 9.11. The third kappa shape index (κ3) is 8.38. The molecule has 0 radical (unpaired) electrons. The number of methoxy groups -OCH3 is 1. The molecule has 1 aromatic rings. The minimum Gasteiger partial charge on any atom is -0.466 e. The van der Waals surface area contributed by atoms with Crippen LogP contribution in [0.25, 0.3) is 6.08 Å². The number of carbonyl (C=O) groups is 1. The minimum atomic E-state index is -0.362. The monoisotopic (exact) mass is 256 g/mol. The quantitative estimate of drug-likeness (QED) is 0.449. The van der Waals surface area contributed by atoms with Gasteiger partial charge < -0.3 is 4.74 Å². The highest BCUT2D eigenvalue weighted by Crippen LogP contribution is 2.00. The van der Waals surface area contributed by atoms with Crippen molar-refractivity contribution in [3.63, 3.8) is 0 Å². The Morgan fingerprint density at radius 3 is 2.32 bits per heavy atom. The zero-order chi connectivity index (χ0) is 14.5. The average Bonchev–Trinajstić information content (AvgIpc) is 2.48. The molecule has 100 valence electrons. The van der Waals surface area contributed by atoms with Gasteiger partial charge in [0.25, 0.3) is 0 Å². The van der Waals surface area contributed by atoms with Crippen LogP contribution in [-0.2, 0) is 9.53 Å². The highest BCUT2D eigenvalue weighted by molar-refractivity contribution is 5.87. The van der Waals surface area contributed by atoms with Crippen LogP contribution in [0.15, 0.2) is 73.9 Å². The molecule has 0 N–H and O–H groups in total. The number of ether oxygens (including phenoxy) is 1. The van der Waals surface area contributed by atoms with Crippen LogP contribution < -0.4 is 0 Å². The van der Waals surface area contributed by atoms with E-state index in [0.29, 0.717) is 12.0 Å². The van der Waals surface area contributed by atoms with Crippen LogP contribution in [0.3, 0.4) is 0 Å². The molecule has 0 fully saturated rings. The molecule has 0 aromatic heterocycles. The Morgan fingerprint density at radius 1 is 1.26 bits per heavy atom. The SMILES string of the molecule is C=CC=CCC(=C)C(=O)OC.C=Cc1ccccc1. The number of esters is 1. The lowest BCUT2D eigenvalue weighted by atomic mass is 10.2.